The number of hydrogen-bond acceptors (Lipinski definition) is 3. The third-order valence-corrected chi connectivity index (χ3v) is 3.98. The second-order valence-electron chi connectivity index (χ2n) is 4.77. The highest BCUT2D eigenvalue weighted by molar-refractivity contribution is 9.10. The van der Waals surface area contributed by atoms with Gasteiger partial charge in [0.15, 0.2) is 0 Å². The van der Waals surface area contributed by atoms with Crippen LogP contribution < -0.4 is 5.32 Å². The summed E-state index contributed by atoms with van der Waals surface area (Å²) in [7, 11) is 1.84. The standard InChI is InChI=1S/C14H19BrN2O2/c1-17(9-11-4-2-3-5-13(11)15)14(18)8-12-10-19-7-6-16-12/h2-5,12,16H,6-10H2,1H3/t12-/m0/s1. The highest BCUT2D eigenvalue weighted by atomic mass is 79.9. The van der Waals surface area contributed by atoms with Gasteiger partial charge in [0, 0.05) is 37.1 Å². The molecule has 1 N–H and O–H groups in total. The number of nitrogens with zero attached hydrogens (tertiary/aromatic N) is 1. The number of amides is 1. The van der Waals surface area contributed by atoms with Crippen molar-refractivity contribution < 1.29 is 9.53 Å². The SMILES string of the molecule is CN(Cc1ccccc1Br)C(=O)C[C@H]1COCCN1. The molecule has 1 aromatic rings. The van der Waals surface area contributed by atoms with E-state index in [0.29, 0.717) is 19.6 Å². The number of ether oxygens (including phenoxy) is 1. The van der Waals surface area contributed by atoms with Crippen molar-refractivity contribution in [2.24, 2.45) is 0 Å². The number of morpholine rings is 1. The van der Waals surface area contributed by atoms with Gasteiger partial charge in [-0.1, -0.05) is 34.1 Å². The van der Waals surface area contributed by atoms with Gasteiger partial charge in [-0.3, -0.25) is 4.79 Å². The van der Waals surface area contributed by atoms with Crippen molar-refractivity contribution in [1.29, 1.82) is 0 Å². The molecule has 1 atom stereocenters. The highest BCUT2D eigenvalue weighted by Gasteiger charge is 2.19. The summed E-state index contributed by atoms with van der Waals surface area (Å²) in [5, 5.41) is 3.30. The van der Waals surface area contributed by atoms with Gasteiger partial charge in [-0.15, -0.1) is 0 Å². The first-order valence-corrected chi connectivity index (χ1v) is 7.24. The fourth-order valence-electron chi connectivity index (χ4n) is 2.09. The number of benzene rings is 1. The summed E-state index contributed by atoms with van der Waals surface area (Å²) in [6.07, 6.45) is 0.487. The molecule has 1 fully saturated rings. The van der Waals surface area contributed by atoms with E-state index in [2.05, 4.69) is 21.2 Å². The summed E-state index contributed by atoms with van der Waals surface area (Å²) in [4.78, 5) is 13.9. The number of hydrogen-bond donors (Lipinski definition) is 1. The number of rotatable bonds is 4. The summed E-state index contributed by atoms with van der Waals surface area (Å²) < 4.78 is 6.40. The maximum Gasteiger partial charge on any atom is 0.224 e. The molecular weight excluding hydrogens is 308 g/mol. The molecule has 1 amide bonds. The van der Waals surface area contributed by atoms with E-state index in [-0.39, 0.29) is 11.9 Å². The lowest BCUT2D eigenvalue weighted by atomic mass is 10.1. The van der Waals surface area contributed by atoms with Gasteiger partial charge in [0.25, 0.3) is 0 Å². The van der Waals surface area contributed by atoms with Crippen LogP contribution in [-0.4, -0.2) is 43.7 Å². The van der Waals surface area contributed by atoms with Gasteiger partial charge in [0.1, 0.15) is 0 Å². The van der Waals surface area contributed by atoms with Crippen LogP contribution in [0.4, 0.5) is 0 Å². The van der Waals surface area contributed by atoms with Gasteiger partial charge in [0.2, 0.25) is 5.91 Å². The van der Waals surface area contributed by atoms with Gasteiger partial charge >= 0.3 is 0 Å². The molecule has 0 unspecified atom stereocenters. The summed E-state index contributed by atoms with van der Waals surface area (Å²) >= 11 is 3.50. The van der Waals surface area contributed by atoms with E-state index in [0.717, 1.165) is 23.2 Å². The number of nitrogens with one attached hydrogen (secondary N) is 1. The maximum atomic E-state index is 12.1. The van der Waals surface area contributed by atoms with Crippen LogP contribution in [0.2, 0.25) is 0 Å². The molecule has 104 valence electrons. The largest absolute Gasteiger partial charge is 0.378 e. The van der Waals surface area contributed by atoms with Crippen LogP contribution in [0.5, 0.6) is 0 Å². The van der Waals surface area contributed by atoms with Gasteiger partial charge in [-0.2, -0.15) is 0 Å². The Bertz CT molecular complexity index is 433. The van der Waals surface area contributed by atoms with E-state index < -0.39 is 0 Å². The lowest BCUT2D eigenvalue weighted by Crippen LogP contribution is -2.44. The Balaban J connectivity index is 1.87. The molecule has 0 saturated carbocycles. The van der Waals surface area contributed by atoms with E-state index in [9.17, 15) is 4.79 Å². The Hall–Kier alpha value is -0.910. The highest BCUT2D eigenvalue weighted by Crippen LogP contribution is 2.17. The molecule has 1 saturated heterocycles. The predicted molar refractivity (Wildman–Crippen MR) is 77.8 cm³/mol. The van der Waals surface area contributed by atoms with Crippen molar-refractivity contribution in [3.63, 3.8) is 0 Å². The van der Waals surface area contributed by atoms with Crippen molar-refractivity contribution >= 4 is 21.8 Å². The number of carbonyl (C=O) groups is 1. The van der Waals surface area contributed by atoms with Crippen LogP contribution in [-0.2, 0) is 16.1 Å². The Morgan fingerprint density at radius 2 is 2.32 bits per heavy atom. The normalized spacial score (nSPS) is 19.2. The zero-order chi connectivity index (χ0) is 13.7. The smallest absolute Gasteiger partial charge is 0.224 e. The Labute approximate surface area is 122 Å². The molecule has 19 heavy (non-hydrogen) atoms. The summed E-state index contributed by atoms with van der Waals surface area (Å²) in [6, 6.07) is 8.11. The van der Waals surface area contributed by atoms with E-state index in [4.69, 9.17) is 4.74 Å². The van der Waals surface area contributed by atoms with Gasteiger partial charge < -0.3 is 15.0 Å². The van der Waals surface area contributed by atoms with Crippen molar-refractivity contribution in [3.8, 4) is 0 Å². The third-order valence-electron chi connectivity index (χ3n) is 3.21. The Morgan fingerprint density at radius 3 is 3.00 bits per heavy atom. The molecule has 2 rings (SSSR count). The van der Waals surface area contributed by atoms with Crippen molar-refractivity contribution in [2.75, 3.05) is 26.8 Å². The average Bonchev–Trinajstić information content (AvgIpc) is 2.42. The molecular formula is C14H19BrN2O2. The minimum Gasteiger partial charge on any atom is -0.378 e. The van der Waals surface area contributed by atoms with Crippen LogP contribution >= 0.6 is 15.9 Å². The van der Waals surface area contributed by atoms with Crippen LogP contribution in [0.3, 0.4) is 0 Å². The predicted octanol–water partition coefficient (Wildman–Crippen LogP) is 1.79. The lowest BCUT2D eigenvalue weighted by molar-refractivity contribution is -0.131. The van der Waals surface area contributed by atoms with Crippen molar-refractivity contribution in [2.45, 2.75) is 19.0 Å². The molecule has 0 spiro atoms. The fraction of sp³-hybridized carbons (Fsp3) is 0.500. The lowest BCUT2D eigenvalue weighted by Gasteiger charge is -2.26. The molecule has 5 heteroatoms. The molecule has 1 aliphatic heterocycles. The van der Waals surface area contributed by atoms with Gasteiger partial charge in [-0.05, 0) is 11.6 Å². The van der Waals surface area contributed by atoms with Crippen LogP contribution in [0.25, 0.3) is 0 Å². The maximum absolute atomic E-state index is 12.1. The molecule has 0 aliphatic carbocycles. The molecule has 1 aliphatic rings. The summed E-state index contributed by atoms with van der Waals surface area (Å²) in [6.45, 7) is 2.80. The second kappa shape index (κ2) is 7.03. The van der Waals surface area contributed by atoms with Gasteiger partial charge in [-0.25, -0.2) is 0 Å². The zero-order valence-electron chi connectivity index (χ0n) is 11.1. The van der Waals surface area contributed by atoms with Gasteiger partial charge in [0.05, 0.1) is 13.2 Å². The monoisotopic (exact) mass is 326 g/mol. The van der Waals surface area contributed by atoms with Crippen molar-refractivity contribution in [3.05, 3.63) is 34.3 Å². The first kappa shape index (κ1) is 14.5. The third kappa shape index (κ3) is 4.30. The summed E-state index contributed by atoms with van der Waals surface area (Å²) in [5.74, 6) is 0.138. The minimum absolute atomic E-state index is 0.138. The number of carbonyl (C=O) groups excluding carboxylic acids is 1. The van der Waals surface area contributed by atoms with E-state index >= 15 is 0 Å². The molecule has 0 radical (unpaired) electrons. The first-order valence-electron chi connectivity index (χ1n) is 6.45. The quantitative estimate of drug-likeness (QED) is 0.917. The van der Waals surface area contributed by atoms with Crippen LogP contribution in [0.15, 0.2) is 28.7 Å². The van der Waals surface area contributed by atoms with E-state index in [1.165, 1.54) is 0 Å². The topological polar surface area (TPSA) is 41.6 Å². The molecule has 0 bridgehead atoms. The molecule has 1 heterocycles. The molecule has 4 nitrogen and oxygen atoms in total. The van der Waals surface area contributed by atoms with E-state index in [1.54, 1.807) is 4.90 Å². The van der Waals surface area contributed by atoms with Crippen molar-refractivity contribution in [1.82, 2.24) is 10.2 Å². The zero-order valence-corrected chi connectivity index (χ0v) is 12.6. The molecule has 1 aromatic carbocycles. The summed E-state index contributed by atoms with van der Waals surface area (Å²) in [5.41, 5.74) is 1.12. The molecule has 0 aromatic heterocycles. The fourth-order valence-corrected chi connectivity index (χ4v) is 2.50. The van der Waals surface area contributed by atoms with Crippen LogP contribution in [0, 0.1) is 0 Å². The average molecular weight is 327 g/mol. The van der Waals surface area contributed by atoms with Crippen LogP contribution in [0.1, 0.15) is 12.0 Å². The number of halogens is 1. The first-order chi connectivity index (χ1) is 9.16. The second-order valence-corrected chi connectivity index (χ2v) is 5.63. The minimum atomic E-state index is 0.138. The van der Waals surface area contributed by atoms with E-state index in [1.807, 2.05) is 31.3 Å². The Morgan fingerprint density at radius 1 is 1.53 bits per heavy atom. The Kier molecular flexibility index (Phi) is 5.36.